The Balaban J connectivity index is -0.000000152. The van der Waals surface area contributed by atoms with Crippen LogP contribution in [-0.2, 0) is 78.1 Å². The summed E-state index contributed by atoms with van der Waals surface area (Å²) in [6, 6.07) is 0. The normalized spacial score (nSPS) is 13.1. The van der Waals surface area contributed by atoms with Gasteiger partial charge in [0.25, 0.3) is 0 Å². The summed E-state index contributed by atoms with van der Waals surface area (Å²) in [5.74, 6) is 0. The molecule has 0 amide bonds. The second-order valence-electron chi connectivity index (χ2n) is 3.70. The topological polar surface area (TPSA) is 343 Å². The molecule has 0 bridgehead atoms. The van der Waals surface area contributed by atoms with Gasteiger partial charge in [0.2, 0.25) is 0 Å². The van der Waals surface area contributed by atoms with Crippen LogP contribution in [-0.4, -0.2) is 93.1 Å². The molecule has 0 aliphatic heterocycles. The molecule has 0 atom stereocenters. The Hall–Kier alpha value is -0.00753. The minimum absolute atomic E-state index is 0. The third kappa shape index (κ3) is 50.2. The first-order chi connectivity index (χ1) is 11.1. The molecule has 0 aromatic rings. The van der Waals surface area contributed by atoms with Gasteiger partial charge in [0, 0.05) is 0 Å². The minimum atomic E-state index is -4.93. The van der Waals surface area contributed by atoms with Crippen LogP contribution in [0.1, 0.15) is 0 Å². The molecule has 0 N–H and O–H groups in total. The van der Waals surface area contributed by atoms with E-state index in [4.69, 9.17) is 0 Å². The smallest absolute Gasteiger partial charge is 0.747 e. The van der Waals surface area contributed by atoms with Crippen molar-refractivity contribution < 1.29 is 95.2 Å². The maximum atomic E-state index is 9.51. The Kier molecular flexibility index (Phi) is 15.2. The fourth-order valence-corrected chi connectivity index (χ4v) is 4.77. The molecule has 0 heterocycles. The van der Waals surface area contributed by atoms with Gasteiger partial charge in [0.1, 0.15) is 76.0 Å². The summed E-state index contributed by atoms with van der Waals surface area (Å²) < 4.78 is 171. The maximum Gasteiger partial charge on any atom is 6.00 e. The second kappa shape index (κ2) is 12.0. The van der Waals surface area contributed by atoms with Crippen LogP contribution in [0, 0.1) is 0 Å². The molecule has 0 saturated heterocycles. The average molecular weight is 574 g/mol. The van der Waals surface area contributed by atoms with Crippen molar-refractivity contribution in [1.29, 1.82) is 0 Å². The summed E-state index contributed by atoms with van der Waals surface area (Å²) in [6.45, 7) is 0. The van der Waals surface area contributed by atoms with Crippen LogP contribution in [0.2, 0.25) is 0 Å². The Morgan fingerprint density at radius 3 is 0.393 bits per heavy atom. The molecule has 0 aromatic heterocycles. The molecular formula is C3H6CrO18S6. The molecule has 0 spiro atoms. The van der Waals surface area contributed by atoms with Crippen LogP contribution in [0.5, 0.6) is 0 Å². The molecule has 0 aromatic carbocycles. The van der Waals surface area contributed by atoms with Gasteiger partial charge in [-0.1, -0.05) is 0 Å². The molecule has 25 heteroatoms. The Morgan fingerprint density at radius 2 is 0.393 bits per heavy atom. The molecule has 0 rings (SSSR count). The van der Waals surface area contributed by atoms with E-state index in [1.54, 1.807) is 0 Å². The van der Waals surface area contributed by atoms with Crippen molar-refractivity contribution >= 4 is 60.7 Å². The zero-order chi connectivity index (χ0) is 23.1. The van der Waals surface area contributed by atoms with Gasteiger partial charge in [-0.15, -0.1) is 0 Å². The third-order valence-corrected chi connectivity index (χ3v) is 7.79. The van der Waals surface area contributed by atoms with E-state index < -0.39 is 76.0 Å². The van der Waals surface area contributed by atoms with E-state index in [9.17, 15) is 77.8 Å². The summed E-state index contributed by atoms with van der Waals surface area (Å²) in [5, 5.41) is -5.62. The van der Waals surface area contributed by atoms with Crippen LogP contribution in [0.3, 0.4) is 0 Å². The summed E-state index contributed by atoms with van der Waals surface area (Å²) in [7, 11) is -29.6. The Bertz CT molecular complexity index is 862. The summed E-state index contributed by atoms with van der Waals surface area (Å²) >= 11 is 0. The van der Waals surface area contributed by atoms with Crippen molar-refractivity contribution in [2.24, 2.45) is 0 Å². The maximum absolute atomic E-state index is 9.51. The first-order valence-electron chi connectivity index (χ1n) is 4.73. The predicted octanol–water partition coefficient (Wildman–Crippen LogP) is -5.90. The number of rotatable bonds is 6. The molecule has 28 heavy (non-hydrogen) atoms. The molecule has 0 aliphatic rings. The van der Waals surface area contributed by atoms with Crippen molar-refractivity contribution in [3.8, 4) is 0 Å². The summed E-state index contributed by atoms with van der Waals surface area (Å²) in [5.41, 5.74) is 0. The molecule has 0 unspecified atom stereocenters. The Morgan fingerprint density at radius 1 is 0.321 bits per heavy atom. The van der Waals surface area contributed by atoms with E-state index >= 15 is 0 Å². The SMILES string of the molecule is O=S(=O)([O-])CS(=O)(=O)[O-].O=S(=O)([O-])CS(=O)(=O)[O-].O=S(=O)([O-])CS(=O)(=O)[O-].[Cr+6]. The Labute approximate surface area is 170 Å². The van der Waals surface area contributed by atoms with Gasteiger partial charge in [-0.25, -0.2) is 50.5 Å². The van der Waals surface area contributed by atoms with Gasteiger partial charge < -0.3 is 27.3 Å². The van der Waals surface area contributed by atoms with E-state index in [-0.39, 0.29) is 17.4 Å². The van der Waals surface area contributed by atoms with Gasteiger partial charge in [0.15, 0.2) is 0 Å². The molecule has 0 saturated carbocycles. The van der Waals surface area contributed by atoms with Gasteiger partial charge in [-0.2, -0.15) is 0 Å². The van der Waals surface area contributed by atoms with Gasteiger partial charge in [0.05, 0.1) is 0 Å². The van der Waals surface area contributed by atoms with Gasteiger partial charge in [-0.3, -0.25) is 0 Å². The van der Waals surface area contributed by atoms with Crippen molar-refractivity contribution in [3.05, 3.63) is 0 Å². The first kappa shape index (κ1) is 35.4. The van der Waals surface area contributed by atoms with E-state index in [0.717, 1.165) is 0 Å². The zero-order valence-corrected chi connectivity index (χ0v) is 18.5. The number of hydrogen-bond donors (Lipinski definition) is 0. The van der Waals surface area contributed by atoms with Crippen LogP contribution >= 0.6 is 0 Å². The van der Waals surface area contributed by atoms with E-state index in [1.165, 1.54) is 0 Å². The van der Waals surface area contributed by atoms with Crippen molar-refractivity contribution in [2.75, 3.05) is 15.3 Å². The summed E-state index contributed by atoms with van der Waals surface area (Å²) in [4.78, 5) is 0. The van der Waals surface area contributed by atoms with Crippen molar-refractivity contribution in [3.63, 3.8) is 0 Å². The van der Waals surface area contributed by atoms with E-state index in [1.807, 2.05) is 0 Å². The largest absolute Gasteiger partial charge is 6.00 e. The van der Waals surface area contributed by atoms with Crippen LogP contribution in [0.25, 0.3) is 0 Å². The van der Waals surface area contributed by atoms with Crippen LogP contribution in [0.15, 0.2) is 0 Å². The van der Waals surface area contributed by atoms with Gasteiger partial charge >= 0.3 is 17.4 Å². The molecule has 168 valence electrons. The zero-order valence-electron chi connectivity index (χ0n) is 12.3. The molecule has 0 radical (unpaired) electrons. The average Bonchev–Trinajstić information content (AvgIpc) is 1.96. The predicted molar refractivity (Wildman–Crippen MR) is 72.8 cm³/mol. The van der Waals surface area contributed by atoms with Crippen molar-refractivity contribution in [2.45, 2.75) is 0 Å². The third-order valence-electron chi connectivity index (χ3n) is 0.866. The van der Waals surface area contributed by atoms with Crippen LogP contribution in [0.4, 0.5) is 0 Å². The first-order valence-corrected chi connectivity index (χ1v) is 14.2. The molecular weight excluding hydrogens is 568 g/mol. The van der Waals surface area contributed by atoms with Crippen LogP contribution < -0.4 is 0 Å². The minimum Gasteiger partial charge on any atom is -0.747 e. The summed E-state index contributed by atoms with van der Waals surface area (Å²) in [6.07, 6.45) is 0. The van der Waals surface area contributed by atoms with E-state index in [0.29, 0.717) is 0 Å². The standard InChI is InChI=1S/3CH4O6S2.Cr/c3*2-8(3,4)1-9(5,6)7;/h3*1H2,(H,2,3,4)(H,5,6,7);/q;;;+6/p-6. The monoisotopic (exact) mass is 574 g/mol. The fourth-order valence-electron chi connectivity index (χ4n) is 0.530. The van der Waals surface area contributed by atoms with Crippen molar-refractivity contribution in [1.82, 2.24) is 0 Å². The molecule has 0 fully saturated rings. The number of hydrogen-bond acceptors (Lipinski definition) is 18. The molecule has 18 nitrogen and oxygen atoms in total. The second-order valence-corrected chi connectivity index (χ2v) is 13.2. The fraction of sp³-hybridized carbons (Fsp3) is 1.00. The van der Waals surface area contributed by atoms with E-state index in [2.05, 4.69) is 0 Å². The van der Waals surface area contributed by atoms with Gasteiger partial charge in [-0.05, 0) is 0 Å². The quantitative estimate of drug-likeness (QED) is 0.266. The molecule has 0 aliphatic carbocycles.